The van der Waals surface area contributed by atoms with Gasteiger partial charge in [0.05, 0.1) is 11.3 Å². The molecule has 4 nitrogen and oxygen atoms in total. The van der Waals surface area contributed by atoms with E-state index < -0.39 is 11.9 Å². The minimum atomic E-state index is -0.864. The first-order valence-corrected chi connectivity index (χ1v) is 6.12. The third-order valence-electron chi connectivity index (χ3n) is 3.66. The van der Waals surface area contributed by atoms with E-state index in [2.05, 4.69) is 4.98 Å². The molecule has 0 fully saturated rings. The topological polar surface area (TPSA) is 55.1 Å². The molecule has 0 amide bonds. The van der Waals surface area contributed by atoms with Gasteiger partial charge in [0, 0.05) is 12.7 Å². The van der Waals surface area contributed by atoms with Crippen molar-refractivity contribution < 1.29 is 14.3 Å². The van der Waals surface area contributed by atoms with Gasteiger partial charge in [0.15, 0.2) is 0 Å². The van der Waals surface area contributed by atoms with Gasteiger partial charge in [0.25, 0.3) is 0 Å². The number of aromatic nitrogens is 2. The van der Waals surface area contributed by atoms with E-state index in [1.807, 2.05) is 0 Å². The van der Waals surface area contributed by atoms with E-state index in [-0.39, 0.29) is 5.82 Å². The van der Waals surface area contributed by atoms with Crippen LogP contribution in [0.25, 0.3) is 11.4 Å². The van der Waals surface area contributed by atoms with Crippen molar-refractivity contribution in [1.29, 1.82) is 0 Å². The summed E-state index contributed by atoms with van der Waals surface area (Å²) in [4.78, 5) is 15.5. The van der Waals surface area contributed by atoms with Crippen molar-refractivity contribution in [1.82, 2.24) is 9.55 Å². The lowest BCUT2D eigenvalue weighted by molar-refractivity contribution is -0.138. The van der Waals surface area contributed by atoms with Crippen LogP contribution in [0.4, 0.5) is 4.39 Å². The zero-order valence-electron chi connectivity index (χ0n) is 10.4. The van der Waals surface area contributed by atoms with E-state index in [1.54, 1.807) is 29.8 Å². The van der Waals surface area contributed by atoms with Crippen molar-refractivity contribution in [2.24, 2.45) is 7.05 Å². The second kappa shape index (κ2) is 4.19. The molecular weight excluding hydrogens is 247 g/mol. The number of hydrogen-bond acceptors (Lipinski definition) is 2. The second-order valence-electron chi connectivity index (χ2n) is 4.74. The number of hydrogen-bond donors (Lipinski definition) is 1. The summed E-state index contributed by atoms with van der Waals surface area (Å²) in [5.41, 5.74) is 1.88. The van der Waals surface area contributed by atoms with E-state index in [0.29, 0.717) is 29.9 Å². The highest BCUT2D eigenvalue weighted by molar-refractivity contribution is 5.77. The van der Waals surface area contributed by atoms with Crippen molar-refractivity contribution in [2.45, 2.75) is 18.8 Å². The van der Waals surface area contributed by atoms with Crippen LogP contribution >= 0.6 is 0 Å². The molecule has 1 aliphatic carbocycles. The Balaban J connectivity index is 2.14. The molecule has 19 heavy (non-hydrogen) atoms. The summed E-state index contributed by atoms with van der Waals surface area (Å²) >= 11 is 0. The van der Waals surface area contributed by atoms with Gasteiger partial charge in [0.1, 0.15) is 17.6 Å². The summed E-state index contributed by atoms with van der Waals surface area (Å²) in [6, 6.07) is 6.40. The van der Waals surface area contributed by atoms with Gasteiger partial charge in [-0.3, -0.25) is 4.79 Å². The number of carboxylic acids is 1. The summed E-state index contributed by atoms with van der Waals surface area (Å²) in [7, 11) is 1.80. The Morgan fingerprint density at radius 3 is 2.89 bits per heavy atom. The molecule has 1 atom stereocenters. The summed E-state index contributed by atoms with van der Waals surface area (Å²) in [5.74, 6) is -1.28. The highest BCUT2D eigenvalue weighted by atomic mass is 19.1. The van der Waals surface area contributed by atoms with Gasteiger partial charge in [-0.2, -0.15) is 0 Å². The maximum atomic E-state index is 13.8. The molecule has 0 aliphatic heterocycles. The zero-order valence-corrected chi connectivity index (χ0v) is 10.4. The van der Waals surface area contributed by atoms with Crippen molar-refractivity contribution in [3.8, 4) is 11.4 Å². The lowest BCUT2D eigenvalue weighted by atomic mass is 10.1. The van der Waals surface area contributed by atoms with E-state index in [0.717, 1.165) is 5.69 Å². The molecule has 3 rings (SSSR count). The molecule has 1 heterocycles. The van der Waals surface area contributed by atoms with Gasteiger partial charge < -0.3 is 9.67 Å². The molecule has 0 radical (unpaired) electrons. The Morgan fingerprint density at radius 2 is 2.21 bits per heavy atom. The smallest absolute Gasteiger partial charge is 0.312 e. The fraction of sp³-hybridized carbons (Fsp3) is 0.286. The van der Waals surface area contributed by atoms with Gasteiger partial charge >= 0.3 is 5.97 Å². The van der Waals surface area contributed by atoms with Crippen molar-refractivity contribution in [3.63, 3.8) is 0 Å². The molecule has 98 valence electrons. The average Bonchev–Trinajstić information content (AvgIpc) is 2.91. The number of imidazole rings is 1. The van der Waals surface area contributed by atoms with E-state index >= 15 is 0 Å². The first-order valence-electron chi connectivity index (χ1n) is 6.12. The zero-order chi connectivity index (χ0) is 13.6. The SMILES string of the molecule is Cn1c(-c2ccccc2F)nc2c1CCC2C(=O)O. The Morgan fingerprint density at radius 1 is 1.47 bits per heavy atom. The quantitative estimate of drug-likeness (QED) is 0.901. The van der Waals surface area contributed by atoms with Gasteiger partial charge in [-0.1, -0.05) is 12.1 Å². The number of carbonyl (C=O) groups is 1. The Kier molecular flexibility index (Phi) is 2.62. The van der Waals surface area contributed by atoms with E-state index in [1.165, 1.54) is 6.07 Å². The Bertz CT molecular complexity index is 663. The van der Waals surface area contributed by atoms with Crippen LogP contribution in [0.1, 0.15) is 23.7 Å². The summed E-state index contributed by atoms with van der Waals surface area (Å²) in [5, 5.41) is 9.16. The third kappa shape index (κ3) is 1.73. The highest BCUT2D eigenvalue weighted by Gasteiger charge is 2.34. The van der Waals surface area contributed by atoms with Crippen LogP contribution < -0.4 is 0 Å². The molecule has 0 saturated carbocycles. The largest absolute Gasteiger partial charge is 0.481 e. The maximum absolute atomic E-state index is 13.8. The Labute approximate surface area is 109 Å². The van der Waals surface area contributed by atoms with Gasteiger partial charge in [0.2, 0.25) is 0 Å². The van der Waals surface area contributed by atoms with Gasteiger partial charge in [-0.05, 0) is 25.0 Å². The predicted molar refractivity (Wildman–Crippen MR) is 67.3 cm³/mol. The molecule has 0 saturated heterocycles. The molecule has 0 spiro atoms. The lowest BCUT2D eigenvalue weighted by Crippen LogP contribution is -2.08. The lowest BCUT2D eigenvalue weighted by Gasteiger charge is -2.05. The van der Waals surface area contributed by atoms with Crippen LogP contribution in [0, 0.1) is 5.82 Å². The number of aliphatic carboxylic acids is 1. The predicted octanol–water partition coefficient (Wildman–Crippen LogP) is 2.34. The molecule has 1 unspecified atom stereocenters. The molecule has 2 aromatic rings. The monoisotopic (exact) mass is 260 g/mol. The number of fused-ring (bicyclic) bond motifs is 1. The first-order chi connectivity index (χ1) is 9.09. The van der Waals surface area contributed by atoms with Crippen molar-refractivity contribution in [3.05, 3.63) is 41.5 Å². The highest BCUT2D eigenvalue weighted by Crippen LogP contribution is 2.35. The summed E-state index contributed by atoms with van der Waals surface area (Å²) in [6.45, 7) is 0. The Hall–Kier alpha value is -2.17. The standard InChI is InChI=1S/C14H13FN2O2/c1-17-11-7-6-9(14(18)19)12(11)16-13(17)8-4-2-3-5-10(8)15/h2-5,9H,6-7H2,1H3,(H,18,19). The molecule has 1 aliphatic rings. The third-order valence-corrected chi connectivity index (χ3v) is 3.66. The van der Waals surface area contributed by atoms with Crippen LogP contribution in [0.15, 0.2) is 24.3 Å². The van der Waals surface area contributed by atoms with E-state index in [9.17, 15) is 9.18 Å². The van der Waals surface area contributed by atoms with Crippen molar-refractivity contribution in [2.75, 3.05) is 0 Å². The molecule has 1 N–H and O–H groups in total. The molecular formula is C14H13FN2O2. The van der Waals surface area contributed by atoms with Crippen LogP contribution in [0.5, 0.6) is 0 Å². The van der Waals surface area contributed by atoms with E-state index in [4.69, 9.17) is 5.11 Å². The minimum absolute atomic E-state index is 0.346. The number of rotatable bonds is 2. The van der Waals surface area contributed by atoms with Gasteiger partial charge in [-0.15, -0.1) is 0 Å². The number of nitrogens with zero attached hydrogens (tertiary/aromatic N) is 2. The van der Waals surface area contributed by atoms with Crippen LogP contribution in [0.3, 0.4) is 0 Å². The average molecular weight is 260 g/mol. The number of halogens is 1. The normalized spacial score (nSPS) is 17.5. The summed E-state index contributed by atoms with van der Waals surface area (Å²) < 4.78 is 15.6. The number of carboxylic acid groups (broad SMARTS) is 1. The fourth-order valence-electron chi connectivity index (χ4n) is 2.67. The maximum Gasteiger partial charge on any atom is 0.312 e. The fourth-order valence-corrected chi connectivity index (χ4v) is 2.67. The van der Waals surface area contributed by atoms with Gasteiger partial charge in [-0.25, -0.2) is 9.37 Å². The minimum Gasteiger partial charge on any atom is -0.481 e. The van der Waals surface area contributed by atoms with Crippen LogP contribution in [-0.4, -0.2) is 20.6 Å². The molecule has 0 bridgehead atoms. The summed E-state index contributed by atoms with van der Waals surface area (Å²) in [6.07, 6.45) is 1.24. The van der Waals surface area contributed by atoms with Crippen LogP contribution in [0.2, 0.25) is 0 Å². The molecule has 5 heteroatoms. The van der Waals surface area contributed by atoms with Crippen LogP contribution in [-0.2, 0) is 18.3 Å². The first kappa shape index (κ1) is 11.9. The second-order valence-corrected chi connectivity index (χ2v) is 4.74. The molecule has 1 aromatic carbocycles. The van der Waals surface area contributed by atoms with Crippen molar-refractivity contribution >= 4 is 5.97 Å². The number of benzene rings is 1. The molecule has 1 aromatic heterocycles.